The molecule has 0 saturated carbocycles. The monoisotopic (exact) mass is 470 g/mol. The van der Waals surface area contributed by atoms with Crippen molar-refractivity contribution in [2.24, 2.45) is 0 Å². The van der Waals surface area contributed by atoms with E-state index in [4.69, 9.17) is 23.2 Å². The first-order valence-corrected chi connectivity index (χ1v) is 8.91. The molecule has 2 rings (SSSR count). The number of ether oxygens (including phenoxy) is 1. The first kappa shape index (κ1) is 19.5. The Bertz CT molecular complexity index is 561. The van der Waals surface area contributed by atoms with Crippen LogP contribution in [0.5, 0.6) is 0 Å². The molecule has 2 aromatic rings. The molecule has 0 amide bonds. The molecule has 2 heterocycles. The van der Waals surface area contributed by atoms with E-state index in [0.717, 1.165) is 8.47 Å². The number of hydrogen-bond acceptors (Lipinski definition) is 5. The van der Waals surface area contributed by atoms with Crippen molar-refractivity contribution >= 4 is 63.5 Å². The van der Waals surface area contributed by atoms with Gasteiger partial charge in [-0.2, -0.15) is 0 Å². The minimum Gasteiger partial charge on any atom is -0.469 e. The SMILES string of the molecule is COC(=O)CCSc1ccc(Cl)nc1.Clc1ccc(I)cn1. The molecular weight excluding hydrogens is 458 g/mol. The van der Waals surface area contributed by atoms with Gasteiger partial charge in [0.15, 0.2) is 0 Å². The molecule has 0 aliphatic rings. The van der Waals surface area contributed by atoms with Crippen molar-refractivity contribution in [3.8, 4) is 0 Å². The van der Waals surface area contributed by atoms with E-state index in [1.165, 1.54) is 7.11 Å². The number of rotatable bonds is 4. The minimum absolute atomic E-state index is 0.195. The maximum absolute atomic E-state index is 10.8. The average molecular weight is 471 g/mol. The van der Waals surface area contributed by atoms with Crippen molar-refractivity contribution in [2.45, 2.75) is 11.3 Å². The van der Waals surface area contributed by atoms with Crippen LogP contribution in [-0.4, -0.2) is 28.8 Å². The van der Waals surface area contributed by atoms with Gasteiger partial charge in [0, 0.05) is 26.6 Å². The zero-order valence-corrected chi connectivity index (χ0v) is 16.1. The zero-order valence-electron chi connectivity index (χ0n) is 11.6. The van der Waals surface area contributed by atoms with Crippen LogP contribution in [0, 0.1) is 3.57 Å². The molecule has 0 aromatic carbocycles. The number of carbonyl (C=O) groups excluding carboxylic acids is 1. The van der Waals surface area contributed by atoms with Gasteiger partial charge in [0.25, 0.3) is 0 Å². The lowest BCUT2D eigenvalue weighted by Crippen LogP contribution is -2.00. The summed E-state index contributed by atoms with van der Waals surface area (Å²) in [4.78, 5) is 19.5. The van der Waals surface area contributed by atoms with Crippen molar-refractivity contribution in [2.75, 3.05) is 12.9 Å². The van der Waals surface area contributed by atoms with Gasteiger partial charge in [0.05, 0.1) is 13.5 Å². The van der Waals surface area contributed by atoms with Crippen molar-refractivity contribution in [3.05, 3.63) is 50.5 Å². The lowest BCUT2D eigenvalue weighted by Gasteiger charge is -2.00. The fourth-order valence-electron chi connectivity index (χ4n) is 1.16. The standard InChI is InChI=1S/C9H10ClNO2S.C5H3ClIN/c1-13-9(12)4-5-14-7-2-3-8(10)11-6-7;6-5-2-1-4(7)3-8-5/h2-3,6H,4-5H2,1H3;1-3H. The van der Waals surface area contributed by atoms with Crippen LogP contribution in [0.1, 0.15) is 6.42 Å². The Kier molecular flexibility index (Phi) is 9.77. The summed E-state index contributed by atoms with van der Waals surface area (Å²) in [5.74, 6) is 0.495. The van der Waals surface area contributed by atoms with Crippen LogP contribution in [0.25, 0.3) is 0 Å². The summed E-state index contributed by atoms with van der Waals surface area (Å²) in [5, 5.41) is 1.02. The first-order chi connectivity index (χ1) is 10.5. The molecule has 0 saturated heterocycles. The van der Waals surface area contributed by atoms with Gasteiger partial charge in [-0.3, -0.25) is 4.79 Å². The second-order valence-electron chi connectivity index (χ2n) is 3.79. The van der Waals surface area contributed by atoms with Gasteiger partial charge in [-0.1, -0.05) is 23.2 Å². The molecule has 2 aromatic heterocycles. The van der Waals surface area contributed by atoms with Gasteiger partial charge in [0.1, 0.15) is 10.3 Å². The first-order valence-electron chi connectivity index (χ1n) is 6.09. The molecule has 8 heteroatoms. The molecule has 0 unspecified atom stereocenters. The van der Waals surface area contributed by atoms with Crippen LogP contribution < -0.4 is 0 Å². The van der Waals surface area contributed by atoms with E-state index < -0.39 is 0 Å². The molecular formula is C14H13Cl2IN2O2S. The van der Waals surface area contributed by atoms with Gasteiger partial charge in [-0.05, 0) is 46.9 Å². The predicted octanol–water partition coefficient (Wildman–Crippen LogP) is 4.73. The molecule has 0 aliphatic heterocycles. The molecule has 0 spiro atoms. The average Bonchev–Trinajstić information content (AvgIpc) is 2.52. The maximum atomic E-state index is 10.8. The van der Waals surface area contributed by atoms with E-state index >= 15 is 0 Å². The van der Waals surface area contributed by atoms with Gasteiger partial charge >= 0.3 is 5.97 Å². The van der Waals surface area contributed by atoms with Crippen LogP contribution >= 0.6 is 57.6 Å². The number of carbonyl (C=O) groups is 1. The van der Waals surface area contributed by atoms with E-state index in [1.54, 1.807) is 36.3 Å². The van der Waals surface area contributed by atoms with E-state index in [2.05, 4.69) is 37.3 Å². The third kappa shape index (κ3) is 8.77. The molecule has 118 valence electrons. The van der Waals surface area contributed by atoms with Crippen molar-refractivity contribution in [1.29, 1.82) is 0 Å². The Morgan fingerprint density at radius 1 is 1.18 bits per heavy atom. The van der Waals surface area contributed by atoms with Crippen LogP contribution in [0.15, 0.2) is 41.6 Å². The zero-order chi connectivity index (χ0) is 16.4. The topological polar surface area (TPSA) is 52.1 Å². The number of esters is 1. The fraction of sp³-hybridized carbons (Fsp3) is 0.214. The van der Waals surface area contributed by atoms with Gasteiger partial charge in [0.2, 0.25) is 0 Å². The highest BCUT2D eigenvalue weighted by Gasteiger charge is 2.00. The fourth-order valence-corrected chi connectivity index (χ4v) is 2.50. The normalized spacial score (nSPS) is 9.64. The van der Waals surface area contributed by atoms with Crippen molar-refractivity contribution < 1.29 is 9.53 Å². The van der Waals surface area contributed by atoms with Gasteiger partial charge in [-0.25, -0.2) is 9.97 Å². The van der Waals surface area contributed by atoms with E-state index in [0.29, 0.717) is 22.5 Å². The van der Waals surface area contributed by atoms with Crippen molar-refractivity contribution in [3.63, 3.8) is 0 Å². The Balaban J connectivity index is 0.000000255. The Hall–Kier alpha value is -0.570. The second-order valence-corrected chi connectivity index (χ2v) is 6.98. The number of methoxy groups -OCH3 is 1. The van der Waals surface area contributed by atoms with E-state index in [1.807, 2.05) is 12.1 Å². The smallest absolute Gasteiger partial charge is 0.306 e. The molecule has 0 aliphatic carbocycles. The summed E-state index contributed by atoms with van der Waals surface area (Å²) < 4.78 is 5.62. The Morgan fingerprint density at radius 2 is 1.82 bits per heavy atom. The molecule has 0 bridgehead atoms. The molecule has 4 nitrogen and oxygen atoms in total. The summed E-state index contributed by atoms with van der Waals surface area (Å²) in [5.41, 5.74) is 0. The second kappa shape index (κ2) is 11.0. The molecule has 0 radical (unpaired) electrons. The summed E-state index contributed by atoms with van der Waals surface area (Å²) in [6.07, 6.45) is 3.82. The molecule has 0 fully saturated rings. The third-order valence-corrected chi connectivity index (χ3v) is 4.26. The lowest BCUT2D eigenvalue weighted by molar-refractivity contribution is -0.140. The summed E-state index contributed by atoms with van der Waals surface area (Å²) in [6, 6.07) is 7.28. The number of hydrogen-bond donors (Lipinski definition) is 0. The highest BCUT2D eigenvalue weighted by molar-refractivity contribution is 14.1. The Labute approximate surface area is 157 Å². The van der Waals surface area contributed by atoms with Crippen LogP contribution in [0.2, 0.25) is 10.3 Å². The minimum atomic E-state index is -0.195. The van der Waals surface area contributed by atoms with Crippen LogP contribution in [0.3, 0.4) is 0 Å². The quantitative estimate of drug-likeness (QED) is 0.280. The van der Waals surface area contributed by atoms with Gasteiger partial charge < -0.3 is 4.74 Å². The summed E-state index contributed by atoms with van der Waals surface area (Å²) in [6.45, 7) is 0. The van der Waals surface area contributed by atoms with E-state index in [9.17, 15) is 4.79 Å². The highest BCUT2D eigenvalue weighted by atomic mass is 127. The molecule has 22 heavy (non-hydrogen) atoms. The number of pyridine rings is 2. The third-order valence-electron chi connectivity index (χ3n) is 2.19. The number of halogens is 3. The molecule has 0 N–H and O–H groups in total. The largest absolute Gasteiger partial charge is 0.469 e. The number of nitrogens with zero attached hydrogens (tertiary/aromatic N) is 2. The lowest BCUT2D eigenvalue weighted by atomic mass is 10.5. The molecule has 0 atom stereocenters. The Morgan fingerprint density at radius 3 is 2.27 bits per heavy atom. The summed E-state index contributed by atoms with van der Waals surface area (Å²) >= 11 is 14.8. The number of thioether (sulfide) groups is 1. The van der Waals surface area contributed by atoms with Gasteiger partial charge in [-0.15, -0.1) is 11.8 Å². The highest BCUT2D eigenvalue weighted by Crippen LogP contribution is 2.18. The number of aromatic nitrogens is 2. The van der Waals surface area contributed by atoms with E-state index in [-0.39, 0.29) is 5.97 Å². The van der Waals surface area contributed by atoms with Crippen LogP contribution in [-0.2, 0) is 9.53 Å². The van der Waals surface area contributed by atoms with Crippen molar-refractivity contribution in [1.82, 2.24) is 9.97 Å². The maximum Gasteiger partial charge on any atom is 0.306 e. The van der Waals surface area contributed by atoms with Crippen LogP contribution in [0.4, 0.5) is 0 Å². The summed E-state index contributed by atoms with van der Waals surface area (Å²) in [7, 11) is 1.39. The predicted molar refractivity (Wildman–Crippen MR) is 98.6 cm³/mol.